The second kappa shape index (κ2) is 7.76. The maximum atomic E-state index is 12.5. The zero-order valence-electron chi connectivity index (χ0n) is 15.6. The van der Waals surface area contributed by atoms with E-state index < -0.39 is 0 Å². The van der Waals surface area contributed by atoms with Crippen molar-refractivity contribution in [3.63, 3.8) is 0 Å². The summed E-state index contributed by atoms with van der Waals surface area (Å²) in [6.45, 7) is 0. The first-order valence-electron chi connectivity index (χ1n) is 9.14. The van der Waals surface area contributed by atoms with E-state index in [9.17, 15) is 4.79 Å². The van der Waals surface area contributed by atoms with Gasteiger partial charge in [0, 0.05) is 28.8 Å². The van der Waals surface area contributed by atoms with Crippen molar-refractivity contribution in [1.29, 1.82) is 0 Å². The van der Waals surface area contributed by atoms with Crippen LogP contribution in [0, 0.1) is 0 Å². The Morgan fingerprint density at radius 1 is 1.00 bits per heavy atom. The van der Waals surface area contributed by atoms with Gasteiger partial charge in [-0.05, 0) is 47.9 Å². The Labute approximate surface area is 175 Å². The molecule has 0 atom stereocenters. The molecule has 0 radical (unpaired) electrons. The maximum Gasteiger partial charge on any atom is 0.265 e. The van der Waals surface area contributed by atoms with Crippen LogP contribution in [0.1, 0.15) is 9.67 Å². The molecule has 2 aromatic carbocycles. The van der Waals surface area contributed by atoms with E-state index >= 15 is 0 Å². The Balaban J connectivity index is 1.24. The lowest BCUT2D eigenvalue weighted by atomic mass is 10.2. The van der Waals surface area contributed by atoms with Gasteiger partial charge < -0.3 is 10.1 Å². The standard InChI is InChI=1S/C22H15N5O2S/c28-22(19-13-15-3-1-2-4-18(15)30-19)24-16-5-7-17(8-6-16)29-21-10-9-20(25-26-21)27-12-11-23-14-27/h1-14H,(H,24,28). The summed E-state index contributed by atoms with van der Waals surface area (Å²) in [5.74, 6) is 1.49. The molecule has 0 saturated carbocycles. The topological polar surface area (TPSA) is 81.9 Å². The van der Waals surface area contributed by atoms with E-state index in [2.05, 4.69) is 20.5 Å². The summed E-state index contributed by atoms with van der Waals surface area (Å²) in [5, 5.41) is 12.2. The molecule has 1 N–H and O–H groups in total. The van der Waals surface area contributed by atoms with Gasteiger partial charge in [-0.25, -0.2) is 4.98 Å². The molecule has 5 aromatic rings. The Hall–Kier alpha value is -4.04. The van der Waals surface area contributed by atoms with Crippen LogP contribution in [0.4, 0.5) is 5.69 Å². The molecule has 7 nitrogen and oxygen atoms in total. The number of thiophene rings is 1. The molecular formula is C22H15N5O2S. The highest BCUT2D eigenvalue weighted by Gasteiger charge is 2.10. The van der Waals surface area contributed by atoms with Crippen molar-refractivity contribution in [2.45, 2.75) is 0 Å². The number of benzene rings is 2. The minimum absolute atomic E-state index is 0.133. The molecule has 146 valence electrons. The minimum Gasteiger partial charge on any atom is -0.438 e. The summed E-state index contributed by atoms with van der Waals surface area (Å²) in [7, 11) is 0. The molecule has 5 rings (SSSR count). The minimum atomic E-state index is -0.133. The van der Waals surface area contributed by atoms with E-state index in [1.807, 2.05) is 30.3 Å². The molecule has 0 bridgehead atoms. The fourth-order valence-corrected chi connectivity index (χ4v) is 3.87. The number of hydrogen-bond donors (Lipinski definition) is 1. The Morgan fingerprint density at radius 2 is 1.87 bits per heavy atom. The number of ether oxygens (including phenoxy) is 1. The second-order valence-electron chi connectivity index (χ2n) is 6.43. The van der Waals surface area contributed by atoms with Crippen LogP contribution in [0.5, 0.6) is 11.6 Å². The third kappa shape index (κ3) is 3.76. The molecule has 3 heterocycles. The summed E-state index contributed by atoms with van der Waals surface area (Å²) in [5.41, 5.74) is 0.686. The number of nitrogens with zero attached hydrogens (tertiary/aromatic N) is 4. The Bertz CT molecular complexity index is 1260. The first kappa shape index (κ1) is 18.0. The van der Waals surface area contributed by atoms with Crippen LogP contribution in [-0.2, 0) is 0 Å². The van der Waals surface area contributed by atoms with Crippen LogP contribution < -0.4 is 10.1 Å². The van der Waals surface area contributed by atoms with Gasteiger partial charge in [0.2, 0.25) is 5.88 Å². The number of fused-ring (bicyclic) bond motifs is 1. The van der Waals surface area contributed by atoms with Gasteiger partial charge in [-0.2, -0.15) is 0 Å². The quantitative estimate of drug-likeness (QED) is 0.442. The molecule has 0 aliphatic heterocycles. The van der Waals surface area contributed by atoms with Crippen molar-refractivity contribution in [2.24, 2.45) is 0 Å². The van der Waals surface area contributed by atoms with Gasteiger partial charge in [-0.3, -0.25) is 9.36 Å². The molecule has 0 fully saturated rings. The summed E-state index contributed by atoms with van der Waals surface area (Å²) < 4.78 is 8.57. The molecule has 0 spiro atoms. The monoisotopic (exact) mass is 413 g/mol. The lowest BCUT2D eigenvalue weighted by Crippen LogP contribution is -2.09. The van der Waals surface area contributed by atoms with Gasteiger partial charge in [-0.15, -0.1) is 21.5 Å². The molecule has 0 saturated heterocycles. The third-order valence-electron chi connectivity index (χ3n) is 4.38. The van der Waals surface area contributed by atoms with Crippen LogP contribution >= 0.6 is 11.3 Å². The summed E-state index contributed by atoms with van der Waals surface area (Å²) in [6, 6.07) is 20.5. The molecule has 0 aliphatic carbocycles. The molecule has 3 aromatic heterocycles. The first-order valence-corrected chi connectivity index (χ1v) is 9.96. The van der Waals surface area contributed by atoms with E-state index in [4.69, 9.17) is 4.74 Å². The highest BCUT2D eigenvalue weighted by molar-refractivity contribution is 7.20. The molecule has 1 amide bonds. The number of carbonyl (C=O) groups is 1. The van der Waals surface area contributed by atoms with Gasteiger partial charge in [0.05, 0.1) is 4.88 Å². The number of nitrogens with one attached hydrogen (secondary N) is 1. The number of aromatic nitrogens is 4. The Kier molecular flexibility index (Phi) is 4.66. The Morgan fingerprint density at radius 3 is 2.60 bits per heavy atom. The maximum absolute atomic E-state index is 12.5. The number of hydrogen-bond acceptors (Lipinski definition) is 6. The second-order valence-corrected chi connectivity index (χ2v) is 7.51. The van der Waals surface area contributed by atoms with Crippen LogP contribution in [0.25, 0.3) is 15.9 Å². The zero-order valence-corrected chi connectivity index (χ0v) is 16.4. The molecular weight excluding hydrogens is 398 g/mol. The summed E-state index contributed by atoms with van der Waals surface area (Å²) in [6.07, 6.45) is 5.11. The number of anilines is 1. The molecule has 0 unspecified atom stereocenters. The SMILES string of the molecule is O=C(Nc1ccc(Oc2ccc(-n3ccnc3)nn2)cc1)c1cc2ccccc2s1. The average Bonchev–Trinajstić information content (AvgIpc) is 3.46. The fourth-order valence-electron chi connectivity index (χ4n) is 2.91. The highest BCUT2D eigenvalue weighted by Crippen LogP contribution is 2.27. The largest absolute Gasteiger partial charge is 0.438 e. The zero-order chi connectivity index (χ0) is 20.3. The third-order valence-corrected chi connectivity index (χ3v) is 5.49. The van der Waals surface area contributed by atoms with Crippen molar-refractivity contribution in [1.82, 2.24) is 19.7 Å². The van der Waals surface area contributed by atoms with E-state index in [1.54, 1.807) is 59.7 Å². The lowest BCUT2D eigenvalue weighted by Gasteiger charge is -2.07. The van der Waals surface area contributed by atoms with Crippen molar-refractivity contribution in [2.75, 3.05) is 5.32 Å². The predicted molar refractivity (Wildman–Crippen MR) is 115 cm³/mol. The summed E-state index contributed by atoms with van der Waals surface area (Å²) >= 11 is 1.47. The van der Waals surface area contributed by atoms with Crippen molar-refractivity contribution in [3.05, 3.63) is 90.3 Å². The lowest BCUT2D eigenvalue weighted by molar-refractivity contribution is 0.103. The van der Waals surface area contributed by atoms with Crippen LogP contribution in [0.15, 0.2) is 85.5 Å². The van der Waals surface area contributed by atoms with Gasteiger partial charge in [-0.1, -0.05) is 18.2 Å². The average molecular weight is 413 g/mol. The number of imidazole rings is 1. The number of amides is 1. The van der Waals surface area contributed by atoms with Crippen LogP contribution in [0.3, 0.4) is 0 Å². The first-order chi connectivity index (χ1) is 14.7. The molecule has 0 aliphatic rings. The number of rotatable bonds is 5. The molecule has 8 heteroatoms. The van der Waals surface area contributed by atoms with Crippen LogP contribution in [-0.4, -0.2) is 25.7 Å². The highest BCUT2D eigenvalue weighted by atomic mass is 32.1. The van der Waals surface area contributed by atoms with Crippen molar-refractivity contribution in [3.8, 4) is 17.4 Å². The fraction of sp³-hybridized carbons (Fsp3) is 0. The van der Waals surface area contributed by atoms with Gasteiger partial charge >= 0.3 is 0 Å². The van der Waals surface area contributed by atoms with Crippen LogP contribution in [0.2, 0.25) is 0 Å². The molecule has 30 heavy (non-hydrogen) atoms. The van der Waals surface area contributed by atoms with Gasteiger partial charge in [0.15, 0.2) is 5.82 Å². The van der Waals surface area contributed by atoms with Gasteiger partial charge in [0.25, 0.3) is 5.91 Å². The predicted octanol–water partition coefficient (Wildman–Crippen LogP) is 4.92. The summed E-state index contributed by atoms with van der Waals surface area (Å²) in [4.78, 5) is 17.2. The van der Waals surface area contributed by atoms with E-state index in [-0.39, 0.29) is 5.91 Å². The van der Waals surface area contributed by atoms with Crippen molar-refractivity contribution < 1.29 is 9.53 Å². The number of carbonyl (C=O) groups excluding carboxylic acids is 1. The van der Waals surface area contributed by atoms with E-state index in [0.29, 0.717) is 28.0 Å². The van der Waals surface area contributed by atoms with Gasteiger partial charge in [0.1, 0.15) is 12.1 Å². The van der Waals surface area contributed by atoms with Crippen molar-refractivity contribution >= 4 is 33.0 Å². The van der Waals surface area contributed by atoms with E-state index in [1.165, 1.54) is 11.3 Å². The smallest absolute Gasteiger partial charge is 0.265 e. The normalized spacial score (nSPS) is 10.8. The van der Waals surface area contributed by atoms with E-state index in [0.717, 1.165) is 10.1 Å².